The molecule has 0 unspecified atom stereocenters. The van der Waals surface area contributed by atoms with Gasteiger partial charge in [-0.15, -0.1) is 0 Å². The average molecular weight is 211 g/mol. The monoisotopic (exact) mass is 211 g/mol. The first-order chi connectivity index (χ1) is 7.24. The second-order valence-electron chi connectivity index (χ2n) is 4.17. The Kier molecular flexibility index (Phi) is 3.38. The molecule has 0 spiro atoms. The van der Waals surface area contributed by atoms with Crippen LogP contribution in [0, 0.1) is 6.92 Å². The first kappa shape index (κ1) is 10.6. The van der Waals surface area contributed by atoms with Gasteiger partial charge in [-0.05, 0) is 32.6 Å². The minimum atomic E-state index is -0.126. The van der Waals surface area contributed by atoms with Crippen LogP contribution in [0.3, 0.4) is 0 Å². The molecule has 2 rings (SSSR count). The fraction of sp³-hybridized carbons (Fsp3) is 0.727. The van der Waals surface area contributed by atoms with Crippen molar-refractivity contribution in [2.75, 3.05) is 0 Å². The number of rotatable bonds is 3. The topological polar surface area (TPSA) is 55.5 Å². The van der Waals surface area contributed by atoms with Crippen LogP contribution in [0.15, 0.2) is 10.6 Å². The maximum absolute atomic E-state index is 9.33. The number of aliphatic hydroxyl groups excluding tert-OH is 1. The van der Waals surface area contributed by atoms with Crippen molar-refractivity contribution in [3.63, 3.8) is 0 Å². The zero-order valence-electron chi connectivity index (χ0n) is 8.98. The molecule has 0 radical (unpaired) electrons. The summed E-state index contributed by atoms with van der Waals surface area (Å²) in [4.78, 5) is 0. The third-order valence-electron chi connectivity index (χ3n) is 2.79. The van der Waals surface area contributed by atoms with Gasteiger partial charge in [-0.2, -0.15) is 0 Å². The van der Waals surface area contributed by atoms with E-state index in [0.29, 0.717) is 6.61 Å². The van der Waals surface area contributed by atoms with Crippen LogP contribution < -0.4 is 0 Å². The number of ether oxygens (including phenoxy) is 1. The van der Waals surface area contributed by atoms with Gasteiger partial charge in [0.1, 0.15) is 11.5 Å². The van der Waals surface area contributed by atoms with Gasteiger partial charge in [0.2, 0.25) is 0 Å². The molecule has 4 heteroatoms. The van der Waals surface area contributed by atoms with Gasteiger partial charge in [-0.3, -0.25) is 0 Å². The van der Waals surface area contributed by atoms with Crippen LogP contribution in [0.4, 0.5) is 0 Å². The SMILES string of the molecule is Cc1cc(COC2CCC(O)CC2)no1. The number of aromatic nitrogens is 1. The van der Waals surface area contributed by atoms with E-state index in [9.17, 15) is 5.11 Å². The van der Waals surface area contributed by atoms with Gasteiger partial charge in [0, 0.05) is 6.07 Å². The van der Waals surface area contributed by atoms with Crippen LogP contribution in [0.2, 0.25) is 0 Å². The van der Waals surface area contributed by atoms with Crippen LogP contribution in [0.1, 0.15) is 37.1 Å². The van der Waals surface area contributed by atoms with E-state index in [1.165, 1.54) is 0 Å². The lowest BCUT2D eigenvalue weighted by atomic mass is 9.95. The van der Waals surface area contributed by atoms with Gasteiger partial charge in [0.05, 0.1) is 18.8 Å². The molecule has 1 aliphatic carbocycles. The maximum atomic E-state index is 9.33. The molecule has 0 amide bonds. The Labute approximate surface area is 89.2 Å². The summed E-state index contributed by atoms with van der Waals surface area (Å²) in [6.45, 7) is 2.38. The molecule has 0 aliphatic heterocycles. The molecule has 84 valence electrons. The minimum Gasteiger partial charge on any atom is -0.393 e. The molecule has 1 fully saturated rings. The summed E-state index contributed by atoms with van der Waals surface area (Å²) in [5.41, 5.74) is 0.846. The van der Waals surface area contributed by atoms with E-state index < -0.39 is 0 Å². The molecule has 15 heavy (non-hydrogen) atoms. The van der Waals surface area contributed by atoms with Crippen LogP contribution in [0.25, 0.3) is 0 Å². The summed E-state index contributed by atoms with van der Waals surface area (Å²) >= 11 is 0. The van der Waals surface area contributed by atoms with Crippen LogP contribution in [-0.2, 0) is 11.3 Å². The fourth-order valence-electron chi connectivity index (χ4n) is 1.90. The summed E-state index contributed by atoms with van der Waals surface area (Å²) in [5, 5.41) is 13.2. The Morgan fingerprint density at radius 1 is 1.47 bits per heavy atom. The average Bonchev–Trinajstić information content (AvgIpc) is 2.64. The third kappa shape index (κ3) is 3.04. The number of aryl methyl sites for hydroxylation is 1. The predicted molar refractivity (Wildman–Crippen MR) is 54.3 cm³/mol. The van der Waals surface area contributed by atoms with Crippen molar-refractivity contribution in [2.24, 2.45) is 0 Å². The van der Waals surface area contributed by atoms with E-state index in [1.54, 1.807) is 0 Å². The molecule has 1 heterocycles. The molecule has 1 saturated carbocycles. The second-order valence-corrected chi connectivity index (χ2v) is 4.17. The van der Waals surface area contributed by atoms with Gasteiger partial charge in [0.15, 0.2) is 0 Å². The standard InChI is InChI=1S/C11H17NO3/c1-8-6-9(12-15-8)7-14-11-4-2-10(13)3-5-11/h6,10-11,13H,2-5,7H2,1H3. The van der Waals surface area contributed by atoms with E-state index in [-0.39, 0.29) is 12.2 Å². The summed E-state index contributed by atoms with van der Waals surface area (Å²) in [6, 6.07) is 1.89. The van der Waals surface area contributed by atoms with E-state index in [0.717, 1.165) is 37.1 Å². The molecular formula is C11H17NO3. The largest absolute Gasteiger partial charge is 0.393 e. The highest BCUT2D eigenvalue weighted by Gasteiger charge is 2.19. The molecule has 1 aliphatic rings. The molecule has 0 saturated heterocycles. The lowest BCUT2D eigenvalue weighted by molar-refractivity contribution is -0.0137. The van der Waals surface area contributed by atoms with Crippen LogP contribution >= 0.6 is 0 Å². The normalized spacial score (nSPS) is 26.8. The molecule has 0 bridgehead atoms. The van der Waals surface area contributed by atoms with Crippen molar-refractivity contribution < 1.29 is 14.4 Å². The van der Waals surface area contributed by atoms with E-state index in [2.05, 4.69) is 5.16 Å². The van der Waals surface area contributed by atoms with Crippen molar-refractivity contribution in [1.29, 1.82) is 0 Å². The zero-order valence-corrected chi connectivity index (χ0v) is 8.98. The summed E-state index contributed by atoms with van der Waals surface area (Å²) in [6.07, 6.45) is 3.73. The molecule has 4 nitrogen and oxygen atoms in total. The minimum absolute atomic E-state index is 0.126. The van der Waals surface area contributed by atoms with E-state index in [1.807, 2.05) is 13.0 Å². The number of nitrogens with zero attached hydrogens (tertiary/aromatic N) is 1. The van der Waals surface area contributed by atoms with Gasteiger partial charge in [0.25, 0.3) is 0 Å². The molecule has 0 atom stereocenters. The van der Waals surface area contributed by atoms with Crippen LogP contribution in [-0.4, -0.2) is 22.5 Å². The highest BCUT2D eigenvalue weighted by molar-refractivity contribution is 5.01. The smallest absolute Gasteiger partial charge is 0.134 e. The number of hydrogen-bond acceptors (Lipinski definition) is 4. The van der Waals surface area contributed by atoms with Crippen molar-refractivity contribution >= 4 is 0 Å². The van der Waals surface area contributed by atoms with Crippen molar-refractivity contribution in [1.82, 2.24) is 5.16 Å². The first-order valence-electron chi connectivity index (χ1n) is 5.46. The highest BCUT2D eigenvalue weighted by atomic mass is 16.5. The Bertz CT molecular complexity index is 303. The van der Waals surface area contributed by atoms with Gasteiger partial charge in [-0.1, -0.05) is 5.16 Å². The number of aliphatic hydroxyl groups is 1. The van der Waals surface area contributed by atoms with E-state index >= 15 is 0 Å². The van der Waals surface area contributed by atoms with Crippen LogP contribution in [0.5, 0.6) is 0 Å². The van der Waals surface area contributed by atoms with Crippen molar-refractivity contribution in [3.05, 3.63) is 17.5 Å². The van der Waals surface area contributed by atoms with Crippen molar-refractivity contribution in [2.45, 2.75) is 51.4 Å². The van der Waals surface area contributed by atoms with Crippen molar-refractivity contribution in [3.8, 4) is 0 Å². The van der Waals surface area contributed by atoms with Gasteiger partial charge in [-0.25, -0.2) is 0 Å². The molecule has 1 aromatic rings. The number of hydrogen-bond donors (Lipinski definition) is 1. The lowest BCUT2D eigenvalue weighted by Crippen LogP contribution is -2.24. The summed E-state index contributed by atoms with van der Waals surface area (Å²) < 4.78 is 10.6. The Balaban J connectivity index is 1.74. The zero-order chi connectivity index (χ0) is 10.7. The van der Waals surface area contributed by atoms with Gasteiger partial charge < -0.3 is 14.4 Å². The molecular weight excluding hydrogens is 194 g/mol. The predicted octanol–water partition coefficient (Wildman–Crippen LogP) is 1.80. The molecule has 1 N–H and O–H groups in total. The molecule has 0 aromatic carbocycles. The summed E-state index contributed by atoms with van der Waals surface area (Å²) in [5.74, 6) is 0.813. The Morgan fingerprint density at radius 2 is 2.20 bits per heavy atom. The summed E-state index contributed by atoms with van der Waals surface area (Å²) in [7, 11) is 0. The Morgan fingerprint density at radius 3 is 2.80 bits per heavy atom. The highest BCUT2D eigenvalue weighted by Crippen LogP contribution is 2.21. The lowest BCUT2D eigenvalue weighted by Gasteiger charge is -2.25. The fourth-order valence-corrected chi connectivity index (χ4v) is 1.90. The quantitative estimate of drug-likeness (QED) is 0.828. The second kappa shape index (κ2) is 4.77. The maximum Gasteiger partial charge on any atom is 0.134 e. The van der Waals surface area contributed by atoms with E-state index in [4.69, 9.17) is 9.26 Å². The third-order valence-corrected chi connectivity index (χ3v) is 2.79. The molecule has 1 aromatic heterocycles. The Hall–Kier alpha value is -0.870. The van der Waals surface area contributed by atoms with Gasteiger partial charge >= 0.3 is 0 Å². The first-order valence-corrected chi connectivity index (χ1v) is 5.46.